The van der Waals surface area contributed by atoms with E-state index in [1.807, 2.05) is 36.4 Å². The maximum atomic E-state index is 12.5. The van der Waals surface area contributed by atoms with E-state index in [0.717, 1.165) is 5.56 Å². The van der Waals surface area contributed by atoms with Crippen LogP contribution in [0.4, 0.5) is 0 Å². The van der Waals surface area contributed by atoms with E-state index < -0.39 is 0 Å². The predicted octanol–water partition coefficient (Wildman–Crippen LogP) is 2.29. The Morgan fingerprint density at radius 3 is 2.89 bits per heavy atom. The van der Waals surface area contributed by atoms with Crippen molar-refractivity contribution in [2.24, 2.45) is 0 Å². The Morgan fingerprint density at radius 2 is 2.07 bits per heavy atom. The normalized spacial score (nSPS) is 15.3. The van der Waals surface area contributed by atoms with Gasteiger partial charge in [0.1, 0.15) is 13.2 Å². The number of carbonyl (C=O) groups is 1. The molecule has 4 rings (SSSR count). The fourth-order valence-corrected chi connectivity index (χ4v) is 3.05. The van der Waals surface area contributed by atoms with Crippen LogP contribution in [0.25, 0.3) is 11.4 Å². The maximum absolute atomic E-state index is 12.5. The first kappa shape index (κ1) is 18.2. The third-order valence-electron chi connectivity index (χ3n) is 4.28. The van der Waals surface area contributed by atoms with Crippen LogP contribution in [0.15, 0.2) is 48.5 Å². The first-order chi connectivity index (χ1) is 13.6. The first-order valence-electron chi connectivity index (χ1n) is 8.74. The molecule has 1 aliphatic rings. The van der Waals surface area contributed by atoms with E-state index >= 15 is 0 Å². The molecule has 8 nitrogen and oxygen atoms in total. The highest BCUT2D eigenvalue weighted by atomic mass is 35.5. The number of nitrogens with zero attached hydrogens (tertiary/aromatic N) is 5. The molecule has 1 aliphatic heterocycles. The number of benzene rings is 2. The lowest BCUT2D eigenvalue weighted by Crippen LogP contribution is -2.43. The summed E-state index contributed by atoms with van der Waals surface area (Å²) in [6, 6.07) is 14.6. The maximum Gasteiger partial charge on any atom is 0.246 e. The lowest BCUT2D eigenvalue weighted by atomic mass is 10.2. The molecule has 2 heterocycles. The zero-order chi connectivity index (χ0) is 19.5. The van der Waals surface area contributed by atoms with E-state index in [9.17, 15) is 4.79 Å². The van der Waals surface area contributed by atoms with Crippen LogP contribution in [0, 0.1) is 0 Å². The van der Waals surface area contributed by atoms with Gasteiger partial charge in [0.25, 0.3) is 0 Å². The van der Waals surface area contributed by atoms with E-state index in [4.69, 9.17) is 21.1 Å². The van der Waals surface area contributed by atoms with Crippen molar-refractivity contribution >= 4 is 17.5 Å². The third kappa shape index (κ3) is 4.07. The average Bonchev–Trinajstić information content (AvgIpc) is 3.16. The highest BCUT2D eigenvalue weighted by Crippen LogP contribution is 2.30. The van der Waals surface area contributed by atoms with Crippen molar-refractivity contribution in [3.05, 3.63) is 53.6 Å². The predicted molar refractivity (Wildman–Crippen MR) is 102 cm³/mol. The number of hydrogen-bond acceptors (Lipinski definition) is 6. The highest BCUT2D eigenvalue weighted by molar-refractivity contribution is 6.30. The Hall–Kier alpha value is -3.13. The monoisotopic (exact) mass is 399 g/mol. The van der Waals surface area contributed by atoms with E-state index in [2.05, 4.69) is 15.4 Å². The van der Waals surface area contributed by atoms with Crippen molar-refractivity contribution in [3.63, 3.8) is 0 Å². The van der Waals surface area contributed by atoms with Crippen molar-refractivity contribution < 1.29 is 14.3 Å². The topological polar surface area (TPSA) is 82.4 Å². The molecule has 2 aromatic carbocycles. The van der Waals surface area contributed by atoms with Gasteiger partial charge in [-0.15, -0.1) is 10.2 Å². The minimum atomic E-state index is -0.241. The fourth-order valence-electron chi connectivity index (χ4n) is 2.86. The summed E-state index contributed by atoms with van der Waals surface area (Å²) in [6.07, 6.45) is -0.241. The molecule has 144 valence electrons. The molecule has 0 unspecified atom stereocenters. The second-order valence-corrected chi connectivity index (χ2v) is 6.86. The van der Waals surface area contributed by atoms with Gasteiger partial charge in [-0.05, 0) is 29.5 Å². The van der Waals surface area contributed by atoms with E-state index in [-0.39, 0.29) is 18.6 Å². The fraction of sp³-hybridized carbons (Fsp3) is 0.263. The molecule has 28 heavy (non-hydrogen) atoms. The minimum absolute atomic E-state index is 0.0196. The summed E-state index contributed by atoms with van der Waals surface area (Å²) in [4.78, 5) is 15.4. The van der Waals surface area contributed by atoms with E-state index in [1.165, 1.54) is 4.80 Å². The van der Waals surface area contributed by atoms with Gasteiger partial charge in [-0.1, -0.05) is 35.9 Å². The molecule has 0 N–H and O–H groups in total. The SMILES string of the molecule is CN(C[C@H]1COc2ccccc2O1)C(=O)Cn1nnc(-c2cccc(Cl)c2)n1. The minimum Gasteiger partial charge on any atom is -0.486 e. The molecule has 1 atom stereocenters. The summed E-state index contributed by atoms with van der Waals surface area (Å²) in [5, 5.41) is 12.8. The lowest BCUT2D eigenvalue weighted by molar-refractivity contribution is -0.132. The van der Waals surface area contributed by atoms with Crippen LogP contribution in [0.3, 0.4) is 0 Å². The molecule has 3 aromatic rings. The Kier molecular flexibility index (Phi) is 5.12. The average molecular weight is 400 g/mol. The number of para-hydroxylation sites is 2. The highest BCUT2D eigenvalue weighted by Gasteiger charge is 2.24. The second-order valence-electron chi connectivity index (χ2n) is 6.43. The summed E-state index contributed by atoms with van der Waals surface area (Å²) >= 11 is 5.99. The largest absolute Gasteiger partial charge is 0.486 e. The summed E-state index contributed by atoms with van der Waals surface area (Å²) < 4.78 is 11.6. The number of aromatic nitrogens is 4. The number of amides is 1. The molecule has 0 fully saturated rings. The van der Waals surface area contributed by atoms with Crippen LogP contribution >= 0.6 is 11.6 Å². The number of carbonyl (C=O) groups excluding carboxylic acids is 1. The molecule has 9 heteroatoms. The number of rotatable bonds is 5. The first-order valence-corrected chi connectivity index (χ1v) is 9.12. The molecule has 0 bridgehead atoms. The summed E-state index contributed by atoms with van der Waals surface area (Å²) in [5.41, 5.74) is 0.742. The molecule has 1 amide bonds. The molecule has 0 aliphatic carbocycles. The number of tetrazole rings is 1. The van der Waals surface area contributed by atoms with Crippen LogP contribution in [0.5, 0.6) is 11.5 Å². The molecular formula is C19H18ClN5O3. The van der Waals surface area contributed by atoms with Gasteiger partial charge in [0.2, 0.25) is 11.7 Å². The summed E-state index contributed by atoms with van der Waals surface area (Å²) in [6.45, 7) is 0.756. The number of fused-ring (bicyclic) bond motifs is 1. The standard InChI is InChI=1S/C19H18ClN5O3/c1-24(10-15-12-27-16-7-2-3-8-17(16)28-15)18(26)11-25-22-19(21-23-25)13-5-4-6-14(20)9-13/h2-9,15H,10-12H2,1H3/t15-/m0/s1. The number of likely N-dealkylation sites (N-methyl/N-ethyl adjacent to an activating group) is 1. The lowest BCUT2D eigenvalue weighted by Gasteiger charge is -2.29. The quantitative estimate of drug-likeness (QED) is 0.654. The molecule has 0 saturated heterocycles. The van der Waals surface area contributed by atoms with E-state index in [0.29, 0.717) is 35.5 Å². The van der Waals surface area contributed by atoms with Crippen molar-refractivity contribution in [2.75, 3.05) is 20.2 Å². The van der Waals surface area contributed by atoms with Crippen LogP contribution < -0.4 is 9.47 Å². The van der Waals surface area contributed by atoms with Gasteiger partial charge in [0, 0.05) is 17.6 Å². The zero-order valence-corrected chi connectivity index (χ0v) is 15.9. The van der Waals surface area contributed by atoms with Gasteiger partial charge in [-0.25, -0.2) is 0 Å². The molecule has 0 saturated carbocycles. The Labute approximate surface area is 166 Å². The van der Waals surface area contributed by atoms with Gasteiger partial charge in [0.05, 0.1) is 6.54 Å². The number of ether oxygens (including phenoxy) is 2. The molecule has 1 aromatic heterocycles. The van der Waals surface area contributed by atoms with Crippen molar-refractivity contribution in [2.45, 2.75) is 12.6 Å². The van der Waals surface area contributed by atoms with Gasteiger partial charge in [-0.3, -0.25) is 4.79 Å². The Balaban J connectivity index is 1.35. The third-order valence-corrected chi connectivity index (χ3v) is 4.52. The van der Waals surface area contributed by atoms with Crippen LogP contribution in [0.2, 0.25) is 5.02 Å². The van der Waals surface area contributed by atoms with Crippen molar-refractivity contribution in [3.8, 4) is 22.9 Å². The van der Waals surface area contributed by atoms with Crippen LogP contribution in [-0.4, -0.2) is 57.3 Å². The molecule has 0 spiro atoms. The Morgan fingerprint density at radius 1 is 1.25 bits per heavy atom. The van der Waals surface area contributed by atoms with Gasteiger partial charge >= 0.3 is 0 Å². The zero-order valence-electron chi connectivity index (χ0n) is 15.2. The van der Waals surface area contributed by atoms with Crippen molar-refractivity contribution in [1.29, 1.82) is 0 Å². The van der Waals surface area contributed by atoms with Gasteiger partial charge in [-0.2, -0.15) is 4.80 Å². The van der Waals surface area contributed by atoms with Gasteiger partial charge in [0.15, 0.2) is 17.6 Å². The smallest absolute Gasteiger partial charge is 0.246 e. The molecule has 0 radical (unpaired) electrons. The van der Waals surface area contributed by atoms with Crippen LogP contribution in [0.1, 0.15) is 0 Å². The second kappa shape index (κ2) is 7.85. The summed E-state index contributed by atoms with van der Waals surface area (Å²) in [5.74, 6) is 1.66. The number of hydrogen-bond donors (Lipinski definition) is 0. The van der Waals surface area contributed by atoms with Crippen molar-refractivity contribution in [1.82, 2.24) is 25.1 Å². The van der Waals surface area contributed by atoms with Gasteiger partial charge < -0.3 is 14.4 Å². The summed E-state index contributed by atoms with van der Waals surface area (Å²) in [7, 11) is 1.71. The molecular weight excluding hydrogens is 382 g/mol. The number of halogens is 1. The Bertz CT molecular complexity index is 993. The van der Waals surface area contributed by atoms with Crippen LogP contribution in [-0.2, 0) is 11.3 Å². The van der Waals surface area contributed by atoms with E-state index in [1.54, 1.807) is 24.1 Å².